The molecule has 5 nitrogen and oxygen atoms in total. The number of aryl methyl sites for hydroxylation is 1. The van der Waals surface area contributed by atoms with Crippen LogP contribution in [0.5, 0.6) is 0 Å². The van der Waals surface area contributed by atoms with E-state index in [9.17, 15) is 13.2 Å². The molecule has 2 rings (SSSR count). The van der Waals surface area contributed by atoms with Gasteiger partial charge in [-0.1, -0.05) is 36.8 Å². The van der Waals surface area contributed by atoms with Gasteiger partial charge in [-0.15, -0.1) is 0 Å². The highest BCUT2D eigenvalue weighted by molar-refractivity contribution is 7.91. The summed E-state index contributed by atoms with van der Waals surface area (Å²) in [6.45, 7) is 1.96. The Morgan fingerprint density at radius 3 is 2.48 bits per heavy atom. The van der Waals surface area contributed by atoms with E-state index in [1.54, 1.807) is 17.6 Å². The molecule has 0 unspecified atom stereocenters. The van der Waals surface area contributed by atoms with Gasteiger partial charge in [-0.05, 0) is 36.8 Å². The van der Waals surface area contributed by atoms with Gasteiger partial charge < -0.3 is 0 Å². The third kappa shape index (κ3) is 4.30. The summed E-state index contributed by atoms with van der Waals surface area (Å²) in [6.07, 6.45) is 1.86. The zero-order valence-electron chi connectivity index (χ0n) is 13.1. The fraction of sp³-hybridized carbons (Fsp3) is 0.353. The van der Waals surface area contributed by atoms with Gasteiger partial charge in [-0.3, -0.25) is 10.0 Å². The first-order valence-electron chi connectivity index (χ1n) is 7.60. The predicted octanol–water partition coefficient (Wildman–Crippen LogP) is 2.99. The van der Waals surface area contributed by atoms with Crippen LogP contribution in [0.15, 0.2) is 41.3 Å². The molecule has 0 spiro atoms. The predicted molar refractivity (Wildman–Crippen MR) is 89.1 cm³/mol. The largest absolute Gasteiger partial charge is 0.289 e. The molecule has 1 amide bonds. The number of fused-ring (bicyclic) bond motifs is 1. The number of carbonyl (C=O) groups is 1. The van der Waals surface area contributed by atoms with Crippen LogP contribution in [0.2, 0.25) is 0 Å². The Bertz CT molecular complexity index is 799. The van der Waals surface area contributed by atoms with Crippen molar-refractivity contribution in [1.82, 2.24) is 5.48 Å². The van der Waals surface area contributed by atoms with Gasteiger partial charge in [-0.2, -0.15) is 0 Å². The number of hydrogen-bond acceptors (Lipinski definition) is 4. The molecule has 2 aromatic rings. The van der Waals surface area contributed by atoms with Gasteiger partial charge in [0.1, 0.15) is 0 Å². The molecule has 0 bridgehead atoms. The van der Waals surface area contributed by atoms with E-state index >= 15 is 0 Å². The molecule has 0 aliphatic heterocycles. The number of unbranched alkanes of at least 4 members (excludes halogenated alkanes) is 2. The Morgan fingerprint density at radius 2 is 1.74 bits per heavy atom. The maximum atomic E-state index is 12.6. The quantitative estimate of drug-likeness (QED) is 0.463. The first kappa shape index (κ1) is 17.4. The van der Waals surface area contributed by atoms with Crippen molar-refractivity contribution in [3.63, 3.8) is 0 Å². The van der Waals surface area contributed by atoms with Gasteiger partial charge in [0, 0.05) is 11.8 Å². The van der Waals surface area contributed by atoms with Crippen molar-refractivity contribution in [2.24, 2.45) is 0 Å². The maximum absolute atomic E-state index is 12.6. The van der Waals surface area contributed by atoms with Gasteiger partial charge in [-0.25, -0.2) is 13.9 Å². The first-order valence-corrected chi connectivity index (χ1v) is 9.25. The standard InChI is InChI=1S/C17H21NO4S/c1-13-7-5-9-15-14(13)8-6-10-16(15)23(21,22)12-4-2-3-11-17(19)18-20/h5-10,20H,2-4,11-12H2,1H3,(H,18,19). The summed E-state index contributed by atoms with van der Waals surface area (Å²) in [7, 11) is -3.36. The third-order valence-electron chi connectivity index (χ3n) is 3.88. The summed E-state index contributed by atoms with van der Waals surface area (Å²) in [4.78, 5) is 11.3. The molecule has 0 radical (unpaired) electrons. The Labute approximate surface area is 136 Å². The third-order valence-corrected chi connectivity index (χ3v) is 5.73. The van der Waals surface area contributed by atoms with Gasteiger partial charge in [0.15, 0.2) is 9.84 Å². The average molecular weight is 335 g/mol. The average Bonchev–Trinajstić information content (AvgIpc) is 2.54. The molecule has 0 atom stereocenters. The Kier molecular flexibility index (Phi) is 5.74. The summed E-state index contributed by atoms with van der Waals surface area (Å²) >= 11 is 0. The molecule has 0 aliphatic rings. The fourth-order valence-corrected chi connectivity index (χ4v) is 4.23. The lowest BCUT2D eigenvalue weighted by Crippen LogP contribution is -2.17. The van der Waals surface area contributed by atoms with Crippen molar-refractivity contribution < 1.29 is 18.4 Å². The summed E-state index contributed by atoms with van der Waals surface area (Å²) in [5, 5.41) is 10.1. The minimum atomic E-state index is -3.36. The van der Waals surface area contributed by atoms with Crippen LogP contribution in [0, 0.1) is 6.92 Å². The van der Waals surface area contributed by atoms with Crippen molar-refractivity contribution in [3.05, 3.63) is 42.0 Å². The van der Waals surface area contributed by atoms with Crippen molar-refractivity contribution in [2.45, 2.75) is 37.5 Å². The lowest BCUT2D eigenvalue weighted by molar-refractivity contribution is -0.129. The van der Waals surface area contributed by atoms with Crippen LogP contribution >= 0.6 is 0 Å². The molecule has 2 aromatic carbocycles. The topological polar surface area (TPSA) is 83.5 Å². The van der Waals surface area contributed by atoms with E-state index in [0.29, 0.717) is 24.2 Å². The summed E-state index contributed by atoms with van der Waals surface area (Å²) in [5.74, 6) is -0.391. The van der Waals surface area contributed by atoms with E-state index in [-0.39, 0.29) is 12.2 Å². The van der Waals surface area contributed by atoms with Gasteiger partial charge in [0.25, 0.3) is 0 Å². The Hall–Kier alpha value is -1.92. The van der Waals surface area contributed by atoms with E-state index in [2.05, 4.69) is 0 Å². The number of amides is 1. The summed E-state index contributed by atoms with van der Waals surface area (Å²) < 4.78 is 25.2. The molecule has 2 N–H and O–H groups in total. The number of benzene rings is 2. The Balaban J connectivity index is 2.09. The zero-order chi connectivity index (χ0) is 16.9. The second-order valence-corrected chi connectivity index (χ2v) is 7.67. The molecule has 0 saturated carbocycles. The van der Waals surface area contributed by atoms with Crippen molar-refractivity contribution in [3.8, 4) is 0 Å². The van der Waals surface area contributed by atoms with Crippen LogP contribution in [0.25, 0.3) is 10.8 Å². The number of hydroxylamine groups is 1. The van der Waals surface area contributed by atoms with Crippen LogP contribution in [-0.2, 0) is 14.6 Å². The van der Waals surface area contributed by atoms with Crippen molar-refractivity contribution in [2.75, 3.05) is 5.75 Å². The molecule has 0 heterocycles. The minimum Gasteiger partial charge on any atom is -0.289 e. The molecule has 6 heteroatoms. The monoisotopic (exact) mass is 335 g/mol. The highest BCUT2D eigenvalue weighted by Crippen LogP contribution is 2.26. The molecule has 0 aliphatic carbocycles. The molecule has 23 heavy (non-hydrogen) atoms. The smallest absolute Gasteiger partial charge is 0.243 e. The van der Waals surface area contributed by atoms with E-state index < -0.39 is 15.7 Å². The van der Waals surface area contributed by atoms with Crippen molar-refractivity contribution in [1.29, 1.82) is 0 Å². The van der Waals surface area contributed by atoms with E-state index in [0.717, 1.165) is 16.3 Å². The molecule has 0 aromatic heterocycles. The number of hydrogen-bond donors (Lipinski definition) is 2. The van der Waals surface area contributed by atoms with Gasteiger partial charge >= 0.3 is 0 Å². The molecule has 0 saturated heterocycles. The Morgan fingerprint density at radius 1 is 1.04 bits per heavy atom. The lowest BCUT2D eigenvalue weighted by Gasteiger charge is -2.09. The normalized spacial score (nSPS) is 11.6. The molecular formula is C17H21NO4S. The number of sulfone groups is 1. The minimum absolute atomic E-state index is 0.0563. The van der Waals surface area contributed by atoms with E-state index in [1.165, 1.54) is 0 Å². The lowest BCUT2D eigenvalue weighted by atomic mass is 10.1. The van der Waals surface area contributed by atoms with Crippen LogP contribution in [0.4, 0.5) is 0 Å². The zero-order valence-corrected chi connectivity index (χ0v) is 13.9. The number of carbonyl (C=O) groups excluding carboxylic acids is 1. The SMILES string of the molecule is Cc1cccc2c(S(=O)(=O)CCCCCC(=O)NO)cccc12. The van der Waals surface area contributed by atoms with E-state index in [4.69, 9.17) is 5.21 Å². The van der Waals surface area contributed by atoms with Crippen LogP contribution in [0.1, 0.15) is 31.2 Å². The highest BCUT2D eigenvalue weighted by Gasteiger charge is 2.17. The van der Waals surface area contributed by atoms with Gasteiger partial charge in [0.05, 0.1) is 10.6 Å². The van der Waals surface area contributed by atoms with Crippen molar-refractivity contribution >= 4 is 26.5 Å². The van der Waals surface area contributed by atoms with Crippen LogP contribution < -0.4 is 5.48 Å². The second kappa shape index (κ2) is 7.57. The maximum Gasteiger partial charge on any atom is 0.243 e. The number of rotatable bonds is 7. The summed E-state index contributed by atoms with van der Waals surface area (Å²) in [6, 6.07) is 11.0. The fourth-order valence-electron chi connectivity index (χ4n) is 2.63. The molecular weight excluding hydrogens is 314 g/mol. The second-order valence-electron chi connectivity index (χ2n) is 5.59. The van der Waals surface area contributed by atoms with Gasteiger partial charge in [0.2, 0.25) is 5.91 Å². The van der Waals surface area contributed by atoms with Crippen LogP contribution in [-0.4, -0.2) is 25.3 Å². The summed E-state index contributed by atoms with van der Waals surface area (Å²) in [5.41, 5.74) is 2.62. The van der Waals surface area contributed by atoms with E-state index in [1.807, 2.05) is 31.2 Å². The first-order chi connectivity index (χ1) is 11.0. The number of nitrogens with one attached hydrogen (secondary N) is 1. The molecule has 0 fully saturated rings. The molecule has 124 valence electrons. The van der Waals surface area contributed by atoms with Crippen LogP contribution in [0.3, 0.4) is 0 Å². The highest BCUT2D eigenvalue weighted by atomic mass is 32.2.